The van der Waals surface area contributed by atoms with Crippen molar-refractivity contribution in [2.45, 2.75) is 19.3 Å². The molecule has 0 radical (unpaired) electrons. The summed E-state index contributed by atoms with van der Waals surface area (Å²) in [5.74, 6) is 1.69. The van der Waals surface area contributed by atoms with E-state index in [1.54, 1.807) is 0 Å². The van der Waals surface area contributed by atoms with Crippen LogP contribution in [0.3, 0.4) is 0 Å². The molecule has 0 amide bonds. The molecule has 0 saturated heterocycles. The van der Waals surface area contributed by atoms with E-state index in [0.717, 1.165) is 39.0 Å². The summed E-state index contributed by atoms with van der Waals surface area (Å²) in [6.07, 6.45) is 0. The fourth-order valence-corrected chi connectivity index (χ4v) is 8.92. The van der Waals surface area contributed by atoms with Gasteiger partial charge in [0.15, 0.2) is 11.3 Å². The quantitative estimate of drug-likeness (QED) is 0.174. The molecule has 0 spiro atoms. The van der Waals surface area contributed by atoms with Gasteiger partial charge in [0.25, 0.3) is 0 Å². The molecule has 0 fully saturated rings. The van der Waals surface area contributed by atoms with E-state index >= 15 is 0 Å². The van der Waals surface area contributed by atoms with E-state index in [-0.39, 0.29) is 5.41 Å². The Bertz CT molecular complexity index is 3040. The number of fused-ring (bicyclic) bond motifs is 9. The number of benzene rings is 9. The lowest BCUT2D eigenvalue weighted by Crippen LogP contribution is -2.24. The number of furan rings is 1. The Labute approximate surface area is 307 Å². The molecule has 250 valence electrons. The highest BCUT2D eigenvalue weighted by Crippen LogP contribution is 2.53. The summed E-state index contributed by atoms with van der Waals surface area (Å²) in [4.78, 5) is 0. The van der Waals surface area contributed by atoms with Crippen molar-refractivity contribution in [2.75, 3.05) is 0 Å². The molecule has 1 aliphatic heterocycles. The lowest BCUT2D eigenvalue weighted by atomic mass is 9.74. The molecular formula is C51H34O2. The van der Waals surface area contributed by atoms with Crippen LogP contribution in [0.5, 0.6) is 11.5 Å². The summed E-state index contributed by atoms with van der Waals surface area (Å²) in [7, 11) is 0. The number of hydrogen-bond acceptors (Lipinski definition) is 2. The van der Waals surface area contributed by atoms with Crippen molar-refractivity contribution in [3.63, 3.8) is 0 Å². The van der Waals surface area contributed by atoms with Crippen molar-refractivity contribution in [3.05, 3.63) is 181 Å². The zero-order valence-electron chi connectivity index (χ0n) is 29.5. The molecule has 2 nitrogen and oxygen atoms in total. The van der Waals surface area contributed by atoms with Gasteiger partial charge in [0.2, 0.25) is 0 Å². The molecule has 9 aromatic carbocycles. The Morgan fingerprint density at radius 3 is 1.70 bits per heavy atom. The van der Waals surface area contributed by atoms with Gasteiger partial charge in [0.05, 0.1) is 0 Å². The molecule has 53 heavy (non-hydrogen) atoms. The highest BCUT2D eigenvalue weighted by Gasteiger charge is 2.37. The molecule has 0 aliphatic carbocycles. The second kappa shape index (κ2) is 11.2. The Balaban J connectivity index is 1.07. The van der Waals surface area contributed by atoms with Crippen LogP contribution >= 0.6 is 0 Å². The summed E-state index contributed by atoms with van der Waals surface area (Å²) in [6.45, 7) is 4.60. The largest absolute Gasteiger partial charge is 0.453 e. The van der Waals surface area contributed by atoms with Crippen LogP contribution in [-0.4, -0.2) is 0 Å². The molecule has 11 rings (SSSR count). The fraction of sp³-hybridized carbons (Fsp3) is 0.0588. The van der Waals surface area contributed by atoms with Gasteiger partial charge >= 0.3 is 0 Å². The third-order valence-corrected chi connectivity index (χ3v) is 11.5. The lowest BCUT2D eigenvalue weighted by Gasteiger charge is -2.35. The average molecular weight is 679 g/mol. The second-order valence-corrected chi connectivity index (χ2v) is 14.8. The van der Waals surface area contributed by atoms with Crippen molar-refractivity contribution in [2.24, 2.45) is 0 Å². The monoisotopic (exact) mass is 678 g/mol. The van der Waals surface area contributed by atoms with Crippen LogP contribution in [0.2, 0.25) is 0 Å². The van der Waals surface area contributed by atoms with Gasteiger partial charge in [-0.2, -0.15) is 0 Å². The van der Waals surface area contributed by atoms with Crippen LogP contribution in [0.15, 0.2) is 174 Å². The molecule has 0 unspecified atom stereocenters. The van der Waals surface area contributed by atoms with Gasteiger partial charge in [0, 0.05) is 27.3 Å². The smallest absolute Gasteiger partial charge is 0.178 e. The molecule has 0 atom stereocenters. The first kappa shape index (κ1) is 30.0. The van der Waals surface area contributed by atoms with E-state index in [9.17, 15) is 0 Å². The zero-order chi connectivity index (χ0) is 35.3. The molecule has 10 aromatic rings. The minimum Gasteiger partial charge on any atom is -0.453 e. The Hall–Kier alpha value is -6.64. The molecule has 0 N–H and O–H groups in total. The summed E-state index contributed by atoms with van der Waals surface area (Å²) in [6, 6.07) is 61.4. The zero-order valence-corrected chi connectivity index (χ0v) is 29.5. The molecule has 0 bridgehead atoms. The van der Waals surface area contributed by atoms with Gasteiger partial charge in [0.1, 0.15) is 11.3 Å². The van der Waals surface area contributed by atoms with Crippen LogP contribution in [0.1, 0.15) is 25.0 Å². The van der Waals surface area contributed by atoms with Crippen LogP contribution in [0.4, 0.5) is 0 Å². The Morgan fingerprint density at radius 2 is 0.981 bits per heavy atom. The van der Waals surface area contributed by atoms with Crippen molar-refractivity contribution >= 4 is 54.3 Å². The molecular weight excluding hydrogens is 645 g/mol. The highest BCUT2D eigenvalue weighted by atomic mass is 16.5. The van der Waals surface area contributed by atoms with Crippen LogP contribution < -0.4 is 4.74 Å². The van der Waals surface area contributed by atoms with Gasteiger partial charge in [-0.1, -0.05) is 159 Å². The van der Waals surface area contributed by atoms with Crippen molar-refractivity contribution in [1.29, 1.82) is 0 Å². The first-order chi connectivity index (χ1) is 26.0. The maximum absolute atomic E-state index is 6.77. The van der Waals surface area contributed by atoms with Crippen molar-refractivity contribution in [3.8, 4) is 44.9 Å². The summed E-state index contributed by atoms with van der Waals surface area (Å²) >= 11 is 0. The predicted molar refractivity (Wildman–Crippen MR) is 221 cm³/mol. The maximum Gasteiger partial charge on any atom is 0.178 e. The summed E-state index contributed by atoms with van der Waals surface area (Å²) in [5.41, 5.74) is 11.0. The third kappa shape index (κ3) is 4.39. The Kier molecular flexibility index (Phi) is 6.33. The van der Waals surface area contributed by atoms with Crippen LogP contribution in [0, 0.1) is 0 Å². The molecule has 0 saturated carbocycles. The van der Waals surface area contributed by atoms with Gasteiger partial charge < -0.3 is 9.15 Å². The van der Waals surface area contributed by atoms with Crippen LogP contribution in [-0.2, 0) is 5.41 Å². The standard InChI is InChI=1S/C51H34O2/c1-51(2)43-28-27-42-37-15-9-10-21-45(37)52-49(42)50(43)53-46-29-26-34(30-44(46)51)48-40-18-7-5-16-38(40)47(39-17-6-8-19-41(39)48)33-24-22-32(23-25-33)36-20-11-13-31-12-3-4-14-35(31)36/h3-30H,1-2H3. The maximum atomic E-state index is 6.77. The second-order valence-electron chi connectivity index (χ2n) is 14.8. The minimum absolute atomic E-state index is 0.316. The SMILES string of the molecule is CC1(C)c2cc(-c3c4ccccc4c(-c4ccc(-c5cccc6ccccc56)cc4)c4ccccc34)ccc2Oc2c1ccc1c2oc2ccccc21. The normalized spacial score (nSPS) is 13.4. The number of hydrogen-bond donors (Lipinski definition) is 0. The summed E-state index contributed by atoms with van der Waals surface area (Å²) < 4.78 is 13.2. The highest BCUT2D eigenvalue weighted by molar-refractivity contribution is 6.21. The molecule has 1 aliphatic rings. The molecule has 1 aromatic heterocycles. The van der Waals surface area contributed by atoms with Crippen molar-refractivity contribution < 1.29 is 9.15 Å². The van der Waals surface area contributed by atoms with E-state index in [2.05, 4.69) is 172 Å². The van der Waals surface area contributed by atoms with E-state index in [1.807, 2.05) is 12.1 Å². The number of ether oxygens (including phenoxy) is 1. The number of para-hydroxylation sites is 1. The molecule has 2 heteroatoms. The summed E-state index contributed by atoms with van der Waals surface area (Å²) in [5, 5.41) is 9.66. The van der Waals surface area contributed by atoms with Crippen LogP contribution in [0.25, 0.3) is 87.6 Å². The topological polar surface area (TPSA) is 22.4 Å². The average Bonchev–Trinajstić information content (AvgIpc) is 3.59. The minimum atomic E-state index is -0.316. The first-order valence-corrected chi connectivity index (χ1v) is 18.3. The van der Waals surface area contributed by atoms with Gasteiger partial charge in [-0.15, -0.1) is 0 Å². The fourth-order valence-electron chi connectivity index (χ4n) is 8.92. The van der Waals surface area contributed by atoms with E-state index in [0.29, 0.717) is 0 Å². The van der Waals surface area contributed by atoms with Crippen molar-refractivity contribution in [1.82, 2.24) is 0 Å². The number of rotatable bonds is 3. The third-order valence-electron chi connectivity index (χ3n) is 11.5. The van der Waals surface area contributed by atoms with E-state index < -0.39 is 0 Å². The molecule has 2 heterocycles. The first-order valence-electron chi connectivity index (χ1n) is 18.3. The predicted octanol–water partition coefficient (Wildman–Crippen LogP) is 14.5. The van der Waals surface area contributed by atoms with Gasteiger partial charge in [-0.3, -0.25) is 0 Å². The Morgan fingerprint density at radius 1 is 0.415 bits per heavy atom. The lowest BCUT2D eigenvalue weighted by molar-refractivity contribution is 0.415. The van der Waals surface area contributed by atoms with Gasteiger partial charge in [-0.25, -0.2) is 0 Å². The van der Waals surface area contributed by atoms with E-state index in [1.165, 1.54) is 71.3 Å². The van der Waals surface area contributed by atoms with E-state index in [4.69, 9.17) is 9.15 Å². The van der Waals surface area contributed by atoms with Gasteiger partial charge in [-0.05, 0) is 90.0 Å².